The van der Waals surface area contributed by atoms with Gasteiger partial charge in [0.15, 0.2) is 0 Å². The summed E-state index contributed by atoms with van der Waals surface area (Å²) in [7, 11) is 0. The third kappa shape index (κ3) is 10.1. The molecule has 3 rings (SSSR count). The summed E-state index contributed by atoms with van der Waals surface area (Å²) in [5, 5.41) is 0. The topological polar surface area (TPSA) is 44.8 Å². The van der Waals surface area contributed by atoms with E-state index in [2.05, 4.69) is 20.4 Å². The van der Waals surface area contributed by atoms with Gasteiger partial charge in [-0.15, -0.1) is 6.58 Å². The zero-order valence-corrected chi connectivity index (χ0v) is 23.0. The fourth-order valence-electron chi connectivity index (χ4n) is 3.96. The van der Waals surface area contributed by atoms with Crippen molar-refractivity contribution in [1.82, 2.24) is 0 Å². The molecule has 0 spiro atoms. The molecule has 0 saturated heterocycles. The second-order valence-corrected chi connectivity index (χ2v) is 9.83. The van der Waals surface area contributed by atoms with Gasteiger partial charge in [0.2, 0.25) is 0 Å². The Bertz CT molecular complexity index is 1080. The lowest BCUT2D eigenvalue weighted by atomic mass is 10.1. The van der Waals surface area contributed by atoms with Gasteiger partial charge >= 0.3 is 5.97 Å². The summed E-state index contributed by atoms with van der Waals surface area (Å²) in [6.07, 6.45) is 11.5. The van der Waals surface area contributed by atoms with Gasteiger partial charge < -0.3 is 14.2 Å². The molecule has 1 atom stereocenters. The number of allylic oxidation sites excluding steroid dienone is 1. The molecule has 0 heterocycles. The molecule has 0 radical (unpaired) electrons. The Morgan fingerprint density at radius 2 is 1.26 bits per heavy atom. The van der Waals surface area contributed by atoms with Crippen LogP contribution in [0.5, 0.6) is 17.2 Å². The van der Waals surface area contributed by atoms with E-state index in [0.717, 1.165) is 48.5 Å². The van der Waals surface area contributed by atoms with Crippen LogP contribution in [0.1, 0.15) is 75.6 Å². The van der Waals surface area contributed by atoms with Gasteiger partial charge in [0.25, 0.3) is 0 Å². The highest BCUT2D eigenvalue weighted by atomic mass is 16.5. The second-order valence-electron chi connectivity index (χ2n) is 9.83. The van der Waals surface area contributed by atoms with Crippen LogP contribution in [-0.4, -0.2) is 19.2 Å². The molecule has 0 bridgehead atoms. The largest absolute Gasteiger partial charge is 0.494 e. The highest BCUT2D eigenvalue weighted by molar-refractivity contribution is 5.91. The molecule has 0 saturated carbocycles. The molecule has 0 fully saturated rings. The molecule has 202 valence electrons. The first-order valence-electron chi connectivity index (χ1n) is 14.0. The third-order valence-corrected chi connectivity index (χ3v) is 6.65. The smallest absolute Gasteiger partial charge is 0.343 e. The summed E-state index contributed by atoms with van der Waals surface area (Å²) in [5.41, 5.74) is 2.62. The highest BCUT2D eigenvalue weighted by Crippen LogP contribution is 2.25. The second kappa shape index (κ2) is 16.3. The van der Waals surface area contributed by atoms with Crippen LogP contribution in [0.15, 0.2) is 85.5 Å². The summed E-state index contributed by atoms with van der Waals surface area (Å²) < 4.78 is 17.2. The van der Waals surface area contributed by atoms with E-state index in [-0.39, 0.29) is 5.97 Å². The fraction of sp³-hybridized carbons (Fsp3) is 0.382. The lowest BCUT2D eigenvalue weighted by Crippen LogP contribution is -2.08. The number of benzene rings is 3. The van der Waals surface area contributed by atoms with Gasteiger partial charge in [0.05, 0.1) is 18.8 Å². The lowest BCUT2D eigenvalue weighted by molar-refractivity contribution is 0.0734. The number of rotatable bonds is 17. The maximum absolute atomic E-state index is 12.6. The van der Waals surface area contributed by atoms with Gasteiger partial charge in [0, 0.05) is 0 Å². The maximum atomic E-state index is 12.6. The van der Waals surface area contributed by atoms with Crippen molar-refractivity contribution in [3.63, 3.8) is 0 Å². The molecule has 0 aliphatic rings. The van der Waals surface area contributed by atoms with Crippen molar-refractivity contribution in [2.75, 3.05) is 13.2 Å². The minimum atomic E-state index is -0.386. The molecule has 1 unspecified atom stereocenters. The van der Waals surface area contributed by atoms with Crippen LogP contribution in [0.3, 0.4) is 0 Å². The van der Waals surface area contributed by atoms with Gasteiger partial charge in [0.1, 0.15) is 17.2 Å². The zero-order chi connectivity index (χ0) is 27.0. The van der Waals surface area contributed by atoms with Crippen LogP contribution >= 0.6 is 0 Å². The Kier molecular flexibility index (Phi) is 12.5. The standard InChI is InChI=1S/C34H42O4/c1-4-6-7-8-9-10-11-12-25-36-31-21-17-30(18-22-31)34(35)38-33-23-15-29(16-24-33)28-13-19-32(20-14-28)37-26-27(3)5-2/h4,13-24,27H,1,5-12,25-26H2,2-3H3. The Hall–Kier alpha value is -3.53. The van der Waals surface area contributed by atoms with Crippen molar-refractivity contribution in [1.29, 1.82) is 0 Å². The van der Waals surface area contributed by atoms with Gasteiger partial charge in [-0.05, 0) is 84.8 Å². The molecular weight excluding hydrogens is 472 g/mol. The van der Waals surface area contributed by atoms with E-state index in [1.54, 1.807) is 12.1 Å². The minimum absolute atomic E-state index is 0.386. The van der Waals surface area contributed by atoms with Crippen LogP contribution < -0.4 is 14.2 Å². The van der Waals surface area contributed by atoms with E-state index in [1.165, 1.54) is 32.1 Å². The molecule has 0 amide bonds. The average Bonchev–Trinajstić information content (AvgIpc) is 2.96. The highest BCUT2D eigenvalue weighted by Gasteiger charge is 2.10. The Morgan fingerprint density at radius 1 is 0.737 bits per heavy atom. The first-order chi connectivity index (χ1) is 18.6. The monoisotopic (exact) mass is 514 g/mol. The van der Waals surface area contributed by atoms with Gasteiger partial charge in [-0.3, -0.25) is 0 Å². The Morgan fingerprint density at radius 3 is 1.87 bits per heavy atom. The fourth-order valence-corrected chi connectivity index (χ4v) is 3.96. The molecule has 0 aliphatic carbocycles. The van der Waals surface area contributed by atoms with Crippen LogP contribution in [-0.2, 0) is 0 Å². The summed E-state index contributed by atoms with van der Waals surface area (Å²) in [6, 6.07) is 22.8. The average molecular weight is 515 g/mol. The molecule has 4 heteroatoms. The predicted octanol–water partition coefficient (Wildman–Crippen LogP) is 9.29. The van der Waals surface area contributed by atoms with Crippen molar-refractivity contribution < 1.29 is 19.0 Å². The number of hydrogen-bond acceptors (Lipinski definition) is 4. The lowest BCUT2D eigenvalue weighted by Gasteiger charge is -2.11. The van der Waals surface area contributed by atoms with E-state index in [1.807, 2.05) is 66.7 Å². The number of carbonyl (C=O) groups excluding carboxylic acids is 1. The quantitative estimate of drug-likeness (QED) is 0.0779. The van der Waals surface area contributed by atoms with Crippen molar-refractivity contribution in [2.24, 2.45) is 5.92 Å². The predicted molar refractivity (Wildman–Crippen MR) is 156 cm³/mol. The molecule has 0 aromatic heterocycles. The number of esters is 1. The van der Waals surface area contributed by atoms with Gasteiger partial charge in [-0.25, -0.2) is 4.79 Å². The Labute approximate surface area is 228 Å². The van der Waals surface area contributed by atoms with Gasteiger partial charge in [-0.1, -0.05) is 76.3 Å². The van der Waals surface area contributed by atoms with E-state index >= 15 is 0 Å². The van der Waals surface area contributed by atoms with E-state index < -0.39 is 0 Å². The maximum Gasteiger partial charge on any atom is 0.343 e. The molecule has 0 aliphatic heterocycles. The van der Waals surface area contributed by atoms with E-state index in [0.29, 0.717) is 23.8 Å². The Balaban J connectivity index is 1.40. The third-order valence-electron chi connectivity index (χ3n) is 6.65. The molecule has 0 N–H and O–H groups in total. The summed E-state index contributed by atoms with van der Waals surface area (Å²) in [5.74, 6) is 2.31. The van der Waals surface area contributed by atoms with Crippen LogP contribution in [0, 0.1) is 5.92 Å². The molecular formula is C34H42O4. The van der Waals surface area contributed by atoms with Crippen molar-refractivity contribution in [2.45, 2.75) is 65.2 Å². The van der Waals surface area contributed by atoms with Crippen LogP contribution in [0.25, 0.3) is 11.1 Å². The van der Waals surface area contributed by atoms with Crippen molar-refractivity contribution in [3.8, 4) is 28.4 Å². The molecule has 4 nitrogen and oxygen atoms in total. The van der Waals surface area contributed by atoms with Crippen LogP contribution in [0.4, 0.5) is 0 Å². The summed E-state index contributed by atoms with van der Waals surface area (Å²) in [6.45, 7) is 9.53. The van der Waals surface area contributed by atoms with Gasteiger partial charge in [-0.2, -0.15) is 0 Å². The first-order valence-corrected chi connectivity index (χ1v) is 14.0. The number of carbonyl (C=O) groups is 1. The number of hydrogen-bond donors (Lipinski definition) is 0. The van der Waals surface area contributed by atoms with Crippen molar-refractivity contribution in [3.05, 3.63) is 91.0 Å². The molecule has 3 aromatic carbocycles. The SMILES string of the molecule is C=CCCCCCCCCOc1ccc(C(=O)Oc2ccc(-c3ccc(OCC(C)CC)cc3)cc2)cc1. The van der Waals surface area contributed by atoms with E-state index in [9.17, 15) is 4.79 Å². The summed E-state index contributed by atoms with van der Waals surface area (Å²) >= 11 is 0. The van der Waals surface area contributed by atoms with Crippen molar-refractivity contribution >= 4 is 5.97 Å². The zero-order valence-electron chi connectivity index (χ0n) is 23.0. The normalized spacial score (nSPS) is 11.5. The molecule has 38 heavy (non-hydrogen) atoms. The van der Waals surface area contributed by atoms with E-state index in [4.69, 9.17) is 14.2 Å². The van der Waals surface area contributed by atoms with Crippen LogP contribution in [0.2, 0.25) is 0 Å². The minimum Gasteiger partial charge on any atom is -0.494 e. The first kappa shape index (κ1) is 29.0. The number of unbranched alkanes of at least 4 members (excludes halogenated alkanes) is 6. The number of ether oxygens (including phenoxy) is 3. The molecule has 3 aromatic rings. The summed E-state index contributed by atoms with van der Waals surface area (Å²) in [4.78, 5) is 12.6.